The molecule has 0 aliphatic carbocycles. The van der Waals surface area contributed by atoms with E-state index in [1.807, 2.05) is 48.7 Å². The summed E-state index contributed by atoms with van der Waals surface area (Å²) >= 11 is 5.02. The van der Waals surface area contributed by atoms with E-state index in [1.54, 1.807) is 11.8 Å². The van der Waals surface area contributed by atoms with Gasteiger partial charge in [0.25, 0.3) is 0 Å². The molecule has 3 nitrogen and oxygen atoms in total. The lowest BCUT2D eigenvalue weighted by Gasteiger charge is -2.04. The van der Waals surface area contributed by atoms with Crippen LogP contribution in [0, 0.1) is 13.8 Å². The molecule has 0 bridgehead atoms. The molecule has 2 heterocycles. The number of pyridine rings is 1. The zero-order valence-corrected chi connectivity index (χ0v) is 15.7. The van der Waals surface area contributed by atoms with E-state index in [4.69, 9.17) is 0 Å². The van der Waals surface area contributed by atoms with Crippen molar-refractivity contribution >= 4 is 39.0 Å². The fourth-order valence-corrected chi connectivity index (χ4v) is 3.68. The molecule has 0 saturated carbocycles. The van der Waals surface area contributed by atoms with E-state index in [2.05, 4.69) is 34.0 Å². The molecule has 0 fully saturated rings. The Balaban J connectivity index is 2.23. The highest BCUT2D eigenvalue weighted by atomic mass is 79.9. The van der Waals surface area contributed by atoms with Crippen molar-refractivity contribution in [3.63, 3.8) is 0 Å². The van der Waals surface area contributed by atoms with Crippen LogP contribution >= 0.6 is 27.7 Å². The van der Waals surface area contributed by atoms with E-state index < -0.39 is 0 Å². The Labute approximate surface area is 148 Å². The standard InChI is InChI=1S/C18H17BrN2OS/c1-4-23-18-16(17(22)13-5-7-14(19)8-6-13)15-10-11(2)9-12(3)21(15)20-18/h5-10H,4H2,1-3H3. The maximum atomic E-state index is 13.1. The van der Waals surface area contributed by atoms with Crippen LogP contribution in [-0.4, -0.2) is 21.2 Å². The number of halogens is 1. The summed E-state index contributed by atoms with van der Waals surface area (Å²) in [5, 5.41) is 5.46. The molecule has 23 heavy (non-hydrogen) atoms. The molecular weight excluding hydrogens is 372 g/mol. The third-order valence-electron chi connectivity index (χ3n) is 3.64. The molecule has 0 unspecified atom stereocenters. The number of hydrogen-bond donors (Lipinski definition) is 0. The van der Waals surface area contributed by atoms with Crippen LogP contribution < -0.4 is 0 Å². The Bertz CT molecular complexity index is 884. The van der Waals surface area contributed by atoms with Crippen molar-refractivity contribution in [2.24, 2.45) is 0 Å². The van der Waals surface area contributed by atoms with Crippen molar-refractivity contribution in [1.29, 1.82) is 0 Å². The van der Waals surface area contributed by atoms with Crippen molar-refractivity contribution in [2.45, 2.75) is 25.8 Å². The Kier molecular flexibility index (Phi) is 4.60. The number of carbonyl (C=O) groups is 1. The molecule has 3 aromatic rings. The molecule has 2 aromatic heterocycles. The number of hydrogen-bond acceptors (Lipinski definition) is 3. The van der Waals surface area contributed by atoms with Gasteiger partial charge in [0, 0.05) is 15.7 Å². The SMILES string of the molecule is CCSc1nn2c(C)cc(C)cc2c1C(=O)c1ccc(Br)cc1. The number of thioether (sulfide) groups is 1. The average Bonchev–Trinajstić information content (AvgIpc) is 2.86. The highest BCUT2D eigenvalue weighted by Crippen LogP contribution is 2.29. The van der Waals surface area contributed by atoms with E-state index in [9.17, 15) is 4.79 Å². The van der Waals surface area contributed by atoms with Crippen molar-refractivity contribution < 1.29 is 4.79 Å². The van der Waals surface area contributed by atoms with Gasteiger partial charge in [-0.3, -0.25) is 4.79 Å². The lowest BCUT2D eigenvalue weighted by atomic mass is 10.0. The van der Waals surface area contributed by atoms with Crippen LogP contribution in [-0.2, 0) is 0 Å². The molecule has 0 aliphatic rings. The highest BCUT2D eigenvalue weighted by Gasteiger charge is 2.22. The number of nitrogens with zero attached hydrogens (tertiary/aromatic N) is 2. The summed E-state index contributed by atoms with van der Waals surface area (Å²) in [4.78, 5) is 13.1. The maximum absolute atomic E-state index is 13.1. The second kappa shape index (κ2) is 6.49. The van der Waals surface area contributed by atoms with Gasteiger partial charge in [-0.1, -0.05) is 22.9 Å². The highest BCUT2D eigenvalue weighted by molar-refractivity contribution is 9.10. The normalized spacial score (nSPS) is 11.1. The molecule has 0 atom stereocenters. The van der Waals surface area contributed by atoms with Gasteiger partial charge in [-0.05, 0) is 61.6 Å². The first-order chi connectivity index (χ1) is 11.0. The molecule has 0 N–H and O–H groups in total. The van der Waals surface area contributed by atoms with Crippen molar-refractivity contribution in [3.8, 4) is 0 Å². The monoisotopic (exact) mass is 388 g/mol. The van der Waals surface area contributed by atoms with E-state index in [0.29, 0.717) is 11.1 Å². The average molecular weight is 389 g/mol. The lowest BCUT2D eigenvalue weighted by molar-refractivity contribution is 0.103. The van der Waals surface area contributed by atoms with Gasteiger partial charge in [-0.15, -0.1) is 11.8 Å². The summed E-state index contributed by atoms with van der Waals surface area (Å²) < 4.78 is 2.83. The second-order valence-electron chi connectivity index (χ2n) is 5.42. The second-order valence-corrected chi connectivity index (χ2v) is 7.59. The van der Waals surface area contributed by atoms with Crippen molar-refractivity contribution in [1.82, 2.24) is 9.61 Å². The van der Waals surface area contributed by atoms with Crippen molar-refractivity contribution in [3.05, 3.63) is 63.3 Å². The topological polar surface area (TPSA) is 34.4 Å². The van der Waals surface area contributed by atoms with E-state index in [1.165, 1.54) is 0 Å². The van der Waals surface area contributed by atoms with Gasteiger partial charge in [-0.2, -0.15) is 5.10 Å². The summed E-state index contributed by atoms with van der Waals surface area (Å²) in [6, 6.07) is 11.6. The number of rotatable bonds is 4. The van der Waals surface area contributed by atoms with E-state index in [0.717, 1.165) is 32.0 Å². The van der Waals surface area contributed by atoms with Crippen LogP contribution in [0.1, 0.15) is 34.1 Å². The van der Waals surface area contributed by atoms with Crippen LogP contribution in [0.5, 0.6) is 0 Å². The van der Waals surface area contributed by atoms with Gasteiger partial charge in [0.2, 0.25) is 0 Å². The minimum Gasteiger partial charge on any atom is -0.288 e. The molecule has 0 aliphatic heterocycles. The molecule has 118 valence electrons. The van der Waals surface area contributed by atoms with Crippen molar-refractivity contribution in [2.75, 3.05) is 5.75 Å². The quantitative estimate of drug-likeness (QED) is 0.462. The fourth-order valence-electron chi connectivity index (χ4n) is 2.66. The minimum atomic E-state index is 0.0217. The summed E-state index contributed by atoms with van der Waals surface area (Å²) in [6.45, 7) is 6.13. The third-order valence-corrected chi connectivity index (χ3v) is 5.02. The van der Waals surface area contributed by atoms with Gasteiger partial charge in [0.1, 0.15) is 5.03 Å². The number of benzene rings is 1. The predicted octanol–water partition coefficient (Wildman–Crippen LogP) is 5.06. The number of fused-ring (bicyclic) bond motifs is 1. The maximum Gasteiger partial charge on any atom is 0.197 e. The number of aryl methyl sites for hydroxylation is 2. The third kappa shape index (κ3) is 3.08. The number of ketones is 1. The zero-order valence-electron chi connectivity index (χ0n) is 13.3. The van der Waals surface area contributed by atoms with Crippen LogP contribution in [0.4, 0.5) is 0 Å². The van der Waals surface area contributed by atoms with Gasteiger partial charge < -0.3 is 0 Å². The van der Waals surface area contributed by atoms with Crippen LogP contribution in [0.3, 0.4) is 0 Å². The summed E-state index contributed by atoms with van der Waals surface area (Å²) in [5.41, 5.74) is 4.43. The van der Waals surface area contributed by atoms with Gasteiger partial charge in [0.15, 0.2) is 5.78 Å². The van der Waals surface area contributed by atoms with Crippen LogP contribution in [0.2, 0.25) is 0 Å². The smallest absolute Gasteiger partial charge is 0.197 e. The van der Waals surface area contributed by atoms with Gasteiger partial charge in [0.05, 0.1) is 11.1 Å². The first kappa shape index (κ1) is 16.3. The Morgan fingerprint density at radius 2 is 1.91 bits per heavy atom. The summed E-state index contributed by atoms with van der Waals surface area (Å²) in [6.07, 6.45) is 0. The minimum absolute atomic E-state index is 0.0217. The van der Waals surface area contributed by atoms with E-state index in [-0.39, 0.29) is 5.78 Å². The fraction of sp³-hybridized carbons (Fsp3) is 0.222. The van der Waals surface area contributed by atoms with E-state index >= 15 is 0 Å². The lowest BCUT2D eigenvalue weighted by Crippen LogP contribution is -2.03. The molecule has 1 aromatic carbocycles. The first-order valence-electron chi connectivity index (χ1n) is 7.44. The number of aromatic nitrogens is 2. The Morgan fingerprint density at radius 1 is 1.22 bits per heavy atom. The first-order valence-corrected chi connectivity index (χ1v) is 9.22. The predicted molar refractivity (Wildman–Crippen MR) is 98.6 cm³/mol. The molecule has 5 heteroatoms. The molecular formula is C18H17BrN2OS. The summed E-state index contributed by atoms with van der Waals surface area (Å²) in [7, 11) is 0. The zero-order chi connectivity index (χ0) is 16.6. The van der Waals surface area contributed by atoms with Gasteiger partial charge >= 0.3 is 0 Å². The molecule has 3 rings (SSSR count). The molecule has 0 saturated heterocycles. The molecule has 0 amide bonds. The Hall–Kier alpha value is -1.59. The molecule has 0 radical (unpaired) electrons. The van der Waals surface area contributed by atoms with Crippen LogP contribution in [0.15, 0.2) is 45.9 Å². The van der Waals surface area contributed by atoms with Crippen LogP contribution in [0.25, 0.3) is 5.52 Å². The van der Waals surface area contributed by atoms with Gasteiger partial charge in [-0.25, -0.2) is 4.52 Å². The number of carbonyl (C=O) groups excluding carboxylic acids is 1. The summed E-state index contributed by atoms with van der Waals surface area (Å²) in [5.74, 6) is 0.899. The Morgan fingerprint density at radius 3 is 2.57 bits per heavy atom. The largest absolute Gasteiger partial charge is 0.288 e. The molecule has 0 spiro atoms.